The minimum absolute atomic E-state index is 0.291. The van der Waals surface area contributed by atoms with E-state index in [1.807, 2.05) is 42.6 Å². The fourth-order valence-corrected chi connectivity index (χ4v) is 3.57. The molecule has 0 bridgehead atoms. The minimum Gasteiger partial charge on any atom is -0.464 e. The maximum absolute atomic E-state index is 13.9. The maximum atomic E-state index is 13.9. The number of hydrogen-bond acceptors (Lipinski definition) is 5. The van der Waals surface area contributed by atoms with Crippen molar-refractivity contribution < 1.29 is 9.13 Å². The Hall–Kier alpha value is -3.87. The Balaban J connectivity index is 1.61. The molecule has 0 saturated carbocycles. The van der Waals surface area contributed by atoms with Crippen LogP contribution in [-0.4, -0.2) is 30.9 Å². The van der Waals surface area contributed by atoms with Gasteiger partial charge in [0, 0.05) is 40.8 Å². The second-order valence-corrected chi connectivity index (χ2v) is 6.95. The zero-order valence-electron chi connectivity index (χ0n) is 16.5. The fraction of sp³-hybridized carbons (Fsp3) is 0.130. The third kappa shape index (κ3) is 3.14. The third-order valence-electron chi connectivity index (χ3n) is 4.92. The number of aromatic nitrogens is 5. The number of aryl methyl sites for hydroxylation is 1. The number of imidazole rings is 1. The van der Waals surface area contributed by atoms with E-state index in [1.54, 1.807) is 24.7 Å². The van der Waals surface area contributed by atoms with Gasteiger partial charge in [0.2, 0.25) is 0 Å². The summed E-state index contributed by atoms with van der Waals surface area (Å²) in [4.78, 5) is 17.5. The predicted molar refractivity (Wildman–Crippen MR) is 113 cm³/mol. The normalized spacial score (nSPS) is 11.3. The largest absolute Gasteiger partial charge is 0.464 e. The van der Waals surface area contributed by atoms with E-state index in [2.05, 4.69) is 19.9 Å². The van der Waals surface area contributed by atoms with Gasteiger partial charge in [-0.25, -0.2) is 19.3 Å². The van der Waals surface area contributed by atoms with Crippen LogP contribution in [0.4, 0.5) is 4.39 Å². The molecule has 4 heterocycles. The molecular formula is C23H18FN5O. The Labute approximate surface area is 172 Å². The van der Waals surface area contributed by atoms with Crippen molar-refractivity contribution in [2.75, 3.05) is 6.61 Å². The number of nitrogens with zero attached hydrogens (tertiary/aromatic N) is 5. The van der Waals surface area contributed by atoms with Gasteiger partial charge in [0.25, 0.3) is 0 Å². The molecule has 0 fully saturated rings. The zero-order chi connectivity index (χ0) is 20.7. The summed E-state index contributed by atoms with van der Waals surface area (Å²) >= 11 is 0. The lowest BCUT2D eigenvalue weighted by Gasteiger charge is -2.09. The number of fused-ring (bicyclic) bond motifs is 2. The van der Waals surface area contributed by atoms with Crippen molar-refractivity contribution in [1.29, 1.82) is 0 Å². The van der Waals surface area contributed by atoms with Crippen LogP contribution in [0.15, 0.2) is 61.2 Å². The minimum atomic E-state index is -0.291. The maximum Gasteiger partial charge on any atom is 0.316 e. The second kappa shape index (κ2) is 7.18. The van der Waals surface area contributed by atoms with Crippen molar-refractivity contribution in [3.63, 3.8) is 0 Å². The molecule has 0 aliphatic heterocycles. The molecule has 0 amide bonds. The summed E-state index contributed by atoms with van der Waals surface area (Å²) < 4.78 is 21.2. The molecule has 4 aromatic heterocycles. The van der Waals surface area contributed by atoms with Gasteiger partial charge in [-0.15, -0.1) is 0 Å². The first-order valence-corrected chi connectivity index (χ1v) is 9.62. The van der Waals surface area contributed by atoms with Gasteiger partial charge in [-0.1, -0.05) is 0 Å². The summed E-state index contributed by atoms with van der Waals surface area (Å²) in [5.41, 5.74) is 5.98. The van der Waals surface area contributed by atoms with E-state index in [-0.39, 0.29) is 5.82 Å². The molecule has 0 aliphatic carbocycles. The molecule has 0 atom stereocenters. The van der Waals surface area contributed by atoms with Crippen molar-refractivity contribution in [2.24, 2.45) is 0 Å². The SMILES string of the molecule is CCOc1ncc(-c2ccn3c(-c4cc(C)nc5ccc(F)cc45)cnc3c2)cn1. The van der Waals surface area contributed by atoms with Crippen LogP contribution < -0.4 is 4.74 Å². The fourth-order valence-electron chi connectivity index (χ4n) is 3.57. The lowest BCUT2D eigenvalue weighted by Crippen LogP contribution is -1.97. The van der Waals surface area contributed by atoms with E-state index in [0.29, 0.717) is 12.6 Å². The van der Waals surface area contributed by atoms with E-state index in [9.17, 15) is 4.39 Å². The molecule has 0 spiro atoms. The summed E-state index contributed by atoms with van der Waals surface area (Å²) in [5.74, 6) is -0.291. The summed E-state index contributed by atoms with van der Waals surface area (Å²) in [6, 6.07) is 10.9. The van der Waals surface area contributed by atoms with Crippen LogP contribution in [0.1, 0.15) is 12.6 Å². The summed E-state index contributed by atoms with van der Waals surface area (Å²) in [6.45, 7) is 4.34. The number of hydrogen-bond donors (Lipinski definition) is 0. The standard InChI is InChI=1S/C23H18FN5O/c1-3-30-23-26-11-16(12-27-23)15-6-7-29-21(13-25-22(29)9-15)19-8-14(2)28-20-5-4-17(24)10-18(19)20/h4-13H,3H2,1-2H3. The molecule has 6 nitrogen and oxygen atoms in total. The lowest BCUT2D eigenvalue weighted by atomic mass is 10.0. The highest BCUT2D eigenvalue weighted by Gasteiger charge is 2.13. The molecule has 7 heteroatoms. The van der Waals surface area contributed by atoms with Gasteiger partial charge >= 0.3 is 6.01 Å². The zero-order valence-corrected chi connectivity index (χ0v) is 16.5. The molecule has 148 valence electrons. The third-order valence-corrected chi connectivity index (χ3v) is 4.92. The van der Waals surface area contributed by atoms with Crippen LogP contribution in [0.3, 0.4) is 0 Å². The molecule has 30 heavy (non-hydrogen) atoms. The summed E-state index contributed by atoms with van der Waals surface area (Å²) in [7, 11) is 0. The van der Waals surface area contributed by atoms with E-state index in [0.717, 1.165) is 44.6 Å². The Morgan fingerprint density at radius 2 is 1.80 bits per heavy atom. The topological polar surface area (TPSA) is 65.2 Å². The molecule has 0 unspecified atom stereocenters. The number of pyridine rings is 2. The van der Waals surface area contributed by atoms with Crippen LogP contribution in [0, 0.1) is 12.7 Å². The summed E-state index contributed by atoms with van der Waals surface area (Å²) in [6.07, 6.45) is 7.21. The highest BCUT2D eigenvalue weighted by Crippen LogP contribution is 2.31. The van der Waals surface area contributed by atoms with Gasteiger partial charge in [0.1, 0.15) is 11.5 Å². The Morgan fingerprint density at radius 3 is 2.60 bits per heavy atom. The highest BCUT2D eigenvalue weighted by atomic mass is 19.1. The van der Waals surface area contributed by atoms with Crippen molar-refractivity contribution in [1.82, 2.24) is 24.3 Å². The molecule has 0 radical (unpaired) electrons. The van der Waals surface area contributed by atoms with Gasteiger partial charge in [-0.3, -0.25) is 9.38 Å². The van der Waals surface area contributed by atoms with Crippen molar-refractivity contribution >= 4 is 16.6 Å². The predicted octanol–water partition coefficient (Wildman–Crippen LogP) is 4.85. The number of rotatable bonds is 4. The first kappa shape index (κ1) is 18.2. The van der Waals surface area contributed by atoms with E-state index in [1.165, 1.54) is 12.1 Å². The van der Waals surface area contributed by atoms with Crippen LogP contribution in [-0.2, 0) is 0 Å². The molecule has 5 aromatic rings. The monoisotopic (exact) mass is 399 g/mol. The van der Waals surface area contributed by atoms with E-state index in [4.69, 9.17) is 4.74 Å². The van der Waals surface area contributed by atoms with Crippen LogP contribution in [0.2, 0.25) is 0 Å². The van der Waals surface area contributed by atoms with Gasteiger partial charge < -0.3 is 4.74 Å². The van der Waals surface area contributed by atoms with Gasteiger partial charge in [-0.05, 0) is 55.8 Å². The van der Waals surface area contributed by atoms with Crippen LogP contribution in [0.5, 0.6) is 6.01 Å². The van der Waals surface area contributed by atoms with Crippen LogP contribution in [0.25, 0.3) is 38.9 Å². The molecule has 0 aliphatic rings. The van der Waals surface area contributed by atoms with Crippen molar-refractivity contribution in [2.45, 2.75) is 13.8 Å². The molecule has 0 saturated heterocycles. The average molecular weight is 399 g/mol. The number of ether oxygens (including phenoxy) is 1. The van der Waals surface area contributed by atoms with Gasteiger partial charge in [0.15, 0.2) is 0 Å². The molecule has 0 N–H and O–H groups in total. The van der Waals surface area contributed by atoms with Crippen LogP contribution >= 0.6 is 0 Å². The van der Waals surface area contributed by atoms with E-state index >= 15 is 0 Å². The Morgan fingerprint density at radius 1 is 0.967 bits per heavy atom. The highest BCUT2D eigenvalue weighted by molar-refractivity contribution is 5.94. The van der Waals surface area contributed by atoms with Crippen molar-refractivity contribution in [3.05, 3.63) is 72.7 Å². The number of benzene rings is 1. The molecule has 5 rings (SSSR count). The van der Waals surface area contributed by atoms with Gasteiger partial charge in [0.05, 0.1) is 24.0 Å². The second-order valence-electron chi connectivity index (χ2n) is 6.95. The number of halogens is 1. The first-order valence-electron chi connectivity index (χ1n) is 9.62. The smallest absolute Gasteiger partial charge is 0.316 e. The van der Waals surface area contributed by atoms with Gasteiger partial charge in [-0.2, -0.15) is 0 Å². The summed E-state index contributed by atoms with van der Waals surface area (Å²) in [5, 5.41) is 0.756. The molecular weight excluding hydrogens is 381 g/mol. The van der Waals surface area contributed by atoms with E-state index < -0.39 is 0 Å². The Kier molecular flexibility index (Phi) is 4.35. The first-order chi connectivity index (χ1) is 14.6. The van der Waals surface area contributed by atoms with Crippen molar-refractivity contribution in [3.8, 4) is 28.4 Å². The lowest BCUT2D eigenvalue weighted by molar-refractivity contribution is 0.312. The molecule has 1 aromatic carbocycles. The Bertz CT molecular complexity index is 1380. The quantitative estimate of drug-likeness (QED) is 0.432. The average Bonchev–Trinajstić information content (AvgIpc) is 3.17.